The van der Waals surface area contributed by atoms with E-state index in [9.17, 15) is 13.2 Å². The fourth-order valence-electron chi connectivity index (χ4n) is 1.40. The van der Waals surface area contributed by atoms with Crippen molar-refractivity contribution in [2.45, 2.75) is 24.3 Å². The van der Waals surface area contributed by atoms with E-state index in [4.69, 9.17) is 5.73 Å². The maximum Gasteiger partial charge on any atom is 0.242 e. The van der Waals surface area contributed by atoms with Gasteiger partial charge in [0.2, 0.25) is 5.91 Å². The number of anilines is 1. The monoisotopic (exact) mass is 270 g/mol. The Morgan fingerprint density at radius 3 is 2.33 bits per heavy atom. The quantitative estimate of drug-likeness (QED) is 0.827. The zero-order chi connectivity index (χ0) is 13.8. The molecule has 0 radical (unpaired) electrons. The first-order valence-corrected chi connectivity index (χ1v) is 7.29. The first-order valence-electron chi connectivity index (χ1n) is 5.68. The summed E-state index contributed by atoms with van der Waals surface area (Å²) in [5.74, 6) is -0.540. The zero-order valence-electron chi connectivity index (χ0n) is 10.5. The number of para-hydroxylation sites is 1. The van der Waals surface area contributed by atoms with Gasteiger partial charge in [-0.25, -0.2) is 8.42 Å². The minimum atomic E-state index is -3.55. The lowest BCUT2D eigenvalue weighted by Gasteiger charge is -2.17. The second kappa shape index (κ2) is 5.97. The molecule has 0 aliphatic heterocycles. The molecule has 0 aliphatic rings. The Balaban J connectivity index is 2.80. The Hall–Kier alpha value is -1.40. The lowest BCUT2D eigenvalue weighted by molar-refractivity contribution is -0.115. The van der Waals surface area contributed by atoms with Crippen LogP contribution in [0.2, 0.25) is 0 Å². The van der Waals surface area contributed by atoms with E-state index in [1.807, 2.05) is 6.07 Å². The van der Waals surface area contributed by atoms with Crippen LogP contribution in [0.25, 0.3) is 0 Å². The Morgan fingerprint density at radius 1 is 1.28 bits per heavy atom. The molecular weight excluding hydrogens is 252 g/mol. The third-order valence-electron chi connectivity index (χ3n) is 2.80. The molecule has 1 amide bonds. The largest absolute Gasteiger partial charge is 0.329 e. The van der Waals surface area contributed by atoms with Gasteiger partial charge in [0.05, 0.1) is 5.25 Å². The lowest BCUT2D eigenvalue weighted by Crippen LogP contribution is -2.40. The Morgan fingerprint density at radius 2 is 1.83 bits per heavy atom. The summed E-state index contributed by atoms with van der Waals surface area (Å²) in [6.07, 6.45) is 0. The Bertz CT molecular complexity index is 499. The van der Waals surface area contributed by atoms with Gasteiger partial charge in [-0.2, -0.15) is 0 Å². The van der Waals surface area contributed by atoms with Crippen molar-refractivity contribution in [3.63, 3.8) is 0 Å². The molecule has 3 N–H and O–H groups in total. The van der Waals surface area contributed by atoms with Gasteiger partial charge < -0.3 is 11.1 Å². The summed E-state index contributed by atoms with van der Waals surface area (Å²) in [4.78, 5) is 11.8. The van der Waals surface area contributed by atoms with Crippen LogP contribution in [0.5, 0.6) is 0 Å². The van der Waals surface area contributed by atoms with Gasteiger partial charge in [-0.05, 0) is 26.0 Å². The summed E-state index contributed by atoms with van der Waals surface area (Å²) in [5.41, 5.74) is 5.91. The van der Waals surface area contributed by atoms with E-state index >= 15 is 0 Å². The summed E-state index contributed by atoms with van der Waals surface area (Å²) < 4.78 is 23.9. The van der Waals surface area contributed by atoms with E-state index in [2.05, 4.69) is 5.32 Å². The van der Waals surface area contributed by atoms with Gasteiger partial charge in [-0.3, -0.25) is 4.79 Å². The summed E-state index contributed by atoms with van der Waals surface area (Å²) in [7, 11) is -3.55. The molecule has 0 saturated heterocycles. The Kier molecular flexibility index (Phi) is 4.86. The van der Waals surface area contributed by atoms with Crippen LogP contribution in [-0.2, 0) is 14.6 Å². The first kappa shape index (κ1) is 14.7. The minimum Gasteiger partial charge on any atom is -0.329 e. The predicted molar refractivity (Wildman–Crippen MR) is 72.0 cm³/mol. The van der Waals surface area contributed by atoms with Gasteiger partial charge in [-0.15, -0.1) is 0 Å². The third-order valence-corrected chi connectivity index (χ3v) is 5.31. The topological polar surface area (TPSA) is 89.3 Å². The van der Waals surface area contributed by atoms with Crippen LogP contribution < -0.4 is 11.1 Å². The van der Waals surface area contributed by atoms with Crippen LogP contribution in [-0.4, -0.2) is 31.4 Å². The fourth-order valence-corrected chi connectivity index (χ4v) is 2.72. The number of benzene rings is 1. The smallest absolute Gasteiger partial charge is 0.242 e. The average molecular weight is 270 g/mol. The van der Waals surface area contributed by atoms with Crippen LogP contribution >= 0.6 is 0 Å². The molecule has 0 aliphatic carbocycles. The fraction of sp³-hybridized carbons (Fsp3) is 0.417. The van der Waals surface area contributed by atoms with E-state index in [0.717, 1.165) is 0 Å². The molecule has 2 atom stereocenters. The number of hydrogen-bond donors (Lipinski definition) is 2. The number of nitrogens with one attached hydrogen (secondary N) is 1. The van der Waals surface area contributed by atoms with Gasteiger partial charge in [0, 0.05) is 12.2 Å². The number of amides is 1. The number of rotatable bonds is 5. The Labute approximate surface area is 107 Å². The number of hydrogen-bond acceptors (Lipinski definition) is 4. The van der Waals surface area contributed by atoms with Gasteiger partial charge in [0.15, 0.2) is 9.84 Å². The van der Waals surface area contributed by atoms with Crippen molar-refractivity contribution < 1.29 is 13.2 Å². The number of nitrogens with two attached hydrogens (primary N) is 1. The molecule has 0 spiro atoms. The van der Waals surface area contributed by atoms with Crippen LogP contribution in [0.3, 0.4) is 0 Å². The lowest BCUT2D eigenvalue weighted by atomic mass is 10.3. The number of sulfone groups is 1. The molecule has 2 unspecified atom stereocenters. The predicted octanol–water partition coefficient (Wildman–Crippen LogP) is 0.776. The van der Waals surface area contributed by atoms with Crippen molar-refractivity contribution in [3.05, 3.63) is 30.3 Å². The molecule has 6 heteroatoms. The highest BCUT2D eigenvalue weighted by Crippen LogP contribution is 2.12. The van der Waals surface area contributed by atoms with Gasteiger partial charge >= 0.3 is 0 Å². The molecular formula is C12H18N2O3S. The SMILES string of the molecule is CC(CN)S(=O)(=O)C(C)C(=O)Nc1ccccc1. The molecule has 0 bridgehead atoms. The van der Waals surface area contributed by atoms with E-state index in [-0.39, 0.29) is 6.54 Å². The van der Waals surface area contributed by atoms with Crippen LogP contribution in [0, 0.1) is 0 Å². The molecule has 1 aromatic rings. The van der Waals surface area contributed by atoms with Crippen LogP contribution in [0.4, 0.5) is 5.69 Å². The molecule has 1 aromatic carbocycles. The second-order valence-electron chi connectivity index (χ2n) is 4.13. The first-order chi connectivity index (χ1) is 8.39. The number of carbonyl (C=O) groups is 1. The van der Waals surface area contributed by atoms with Crippen molar-refractivity contribution in [2.24, 2.45) is 5.73 Å². The van der Waals surface area contributed by atoms with E-state index in [1.165, 1.54) is 13.8 Å². The van der Waals surface area contributed by atoms with Crippen molar-refractivity contribution in [2.75, 3.05) is 11.9 Å². The van der Waals surface area contributed by atoms with Gasteiger partial charge in [-0.1, -0.05) is 18.2 Å². The molecule has 100 valence electrons. The summed E-state index contributed by atoms with van der Waals surface area (Å²) in [6.45, 7) is 2.88. The maximum absolute atomic E-state index is 12.0. The maximum atomic E-state index is 12.0. The normalized spacial score (nSPS) is 14.8. The van der Waals surface area contributed by atoms with Gasteiger partial charge in [0.1, 0.15) is 5.25 Å². The van der Waals surface area contributed by atoms with Crippen molar-refractivity contribution >= 4 is 21.4 Å². The van der Waals surface area contributed by atoms with Crippen molar-refractivity contribution in [3.8, 4) is 0 Å². The highest BCUT2D eigenvalue weighted by molar-refractivity contribution is 7.93. The second-order valence-corrected chi connectivity index (χ2v) is 6.82. The average Bonchev–Trinajstić information content (AvgIpc) is 2.37. The molecule has 0 heterocycles. The molecule has 18 heavy (non-hydrogen) atoms. The highest BCUT2D eigenvalue weighted by atomic mass is 32.2. The summed E-state index contributed by atoms with van der Waals surface area (Å²) in [5, 5.41) is 0.726. The highest BCUT2D eigenvalue weighted by Gasteiger charge is 2.32. The van der Waals surface area contributed by atoms with Crippen LogP contribution in [0.1, 0.15) is 13.8 Å². The molecule has 5 nitrogen and oxygen atoms in total. The summed E-state index contributed by atoms with van der Waals surface area (Å²) in [6, 6.07) is 8.73. The van der Waals surface area contributed by atoms with E-state index in [0.29, 0.717) is 5.69 Å². The standard InChI is InChI=1S/C12H18N2O3S/c1-9(8-13)18(16,17)10(2)12(15)14-11-6-4-3-5-7-11/h3-7,9-10H,8,13H2,1-2H3,(H,14,15). The molecule has 0 aromatic heterocycles. The van der Waals surface area contributed by atoms with Gasteiger partial charge in [0.25, 0.3) is 0 Å². The molecule has 0 fully saturated rings. The summed E-state index contributed by atoms with van der Waals surface area (Å²) >= 11 is 0. The third kappa shape index (κ3) is 3.30. The molecule has 0 saturated carbocycles. The number of carbonyl (C=O) groups excluding carboxylic acids is 1. The van der Waals surface area contributed by atoms with Crippen molar-refractivity contribution in [1.29, 1.82) is 0 Å². The van der Waals surface area contributed by atoms with Crippen LogP contribution in [0.15, 0.2) is 30.3 Å². The minimum absolute atomic E-state index is 0.00525. The van der Waals surface area contributed by atoms with E-state index in [1.54, 1.807) is 24.3 Å². The zero-order valence-corrected chi connectivity index (χ0v) is 11.3. The van der Waals surface area contributed by atoms with Crippen molar-refractivity contribution in [1.82, 2.24) is 0 Å². The van der Waals surface area contributed by atoms with E-state index < -0.39 is 26.2 Å². The molecule has 1 rings (SSSR count).